The number of benzene rings is 1. The number of carbonyl (C=O) groups is 1. The summed E-state index contributed by atoms with van der Waals surface area (Å²) in [4.78, 5) is 14.5. The van der Waals surface area contributed by atoms with Crippen LogP contribution in [0.3, 0.4) is 0 Å². The van der Waals surface area contributed by atoms with E-state index in [0.717, 1.165) is 37.4 Å². The summed E-state index contributed by atoms with van der Waals surface area (Å²) in [6.07, 6.45) is 8.31. The predicted molar refractivity (Wildman–Crippen MR) is 123 cm³/mol. The average molecular weight is 441 g/mol. The van der Waals surface area contributed by atoms with Crippen molar-refractivity contribution in [3.63, 3.8) is 0 Å². The Morgan fingerprint density at radius 3 is 2.69 bits per heavy atom. The quantitative estimate of drug-likeness (QED) is 0.575. The topological polar surface area (TPSA) is 49.2 Å². The molecule has 0 aromatic heterocycles. The normalized spacial score (nSPS) is 38.2. The number of carbonyl (C=O) groups excluding carboxylic acids is 1. The molecular formula is C27H38NO4+. The van der Waals surface area contributed by atoms with Crippen molar-refractivity contribution in [1.82, 2.24) is 0 Å². The third-order valence-corrected chi connectivity index (χ3v) is 9.00. The highest BCUT2D eigenvalue weighted by Crippen LogP contribution is 2.53. The van der Waals surface area contributed by atoms with Crippen LogP contribution in [-0.4, -0.2) is 39.4 Å². The summed E-state index contributed by atoms with van der Waals surface area (Å²) < 4.78 is 17.1. The molecule has 4 aliphatic rings. The number of hydrogen-bond donors (Lipinski definition) is 1. The van der Waals surface area contributed by atoms with Gasteiger partial charge in [-0.05, 0) is 55.2 Å². The summed E-state index contributed by atoms with van der Waals surface area (Å²) >= 11 is 0. The predicted octanol–water partition coefficient (Wildman–Crippen LogP) is 3.52. The van der Waals surface area contributed by atoms with Crippen molar-refractivity contribution >= 4 is 5.97 Å². The van der Waals surface area contributed by atoms with Gasteiger partial charge in [0.1, 0.15) is 18.1 Å². The number of hydrogen-bond acceptors (Lipinski definition) is 4. The van der Waals surface area contributed by atoms with Crippen LogP contribution in [0, 0.1) is 23.2 Å². The van der Waals surface area contributed by atoms with Gasteiger partial charge in [-0.15, -0.1) is 0 Å². The fourth-order valence-corrected chi connectivity index (χ4v) is 7.13. The summed E-state index contributed by atoms with van der Waals surface area (Å²) in [5, 5.41) is 0. The molecule has 2 aliphatic carbocycles. The number of esters is 1. The van der Waals surface area contributed by atoms with E-state index in [1.807, 2.05) is 0 Å². The maximum atomic E-state index is 13.0. The van der Waals surface area contributed by atoms with Gasteiger partial charge >= 0.3 is 5.97 Å². The molecule has 32 heavy (non-hydrogen) atoms. The van der Waals surface area contributed by atoms with Gasteiger partial charge in [0, 0.05) is 17.9 Å². The zero-order valence-electron chi connectivity index (χ0n) is 20.2. The smallest absolute Gasteiger partial charge is 0.315 e. The van der Waals surface area contributed by atoms with Crippen LogP contribution in [0.15, 0.2) is 23.8 Å². The maximum Gasteiger partial charge on any atom is 0.315 e. The van der Waals surface area contributed by atoms with Gasteiger partial charge in [-0.1, -0.05) is 31.9 Å². The maximum absolute atomic E-state index is 13.0. The molecule has 2 heterocycles. The molecule has 5 heteroatoms. The van der Waals surface area contributed by atoms with Crippen LogP contribution in [0.2, 0.25) is 0 Å². The fraction of sp³-hybridized carbons (Fsp3) is 0.667. The molecule has 1 N–H and O–H groups in total. The lowest BCUT2D eigenvalue weighted by molar-refractivity contribution is -0.934. The molecule has 7 atom stereocenters. The fourth-order valence-electron chi connectivity index (χ4n) is 7.13. The second-order valence-electron chi connectivity index (χ2n) is 10.8. The zero-order valence-corrected chi connectivity index (χ0v) is 20.2. The molecule has 1 aromatic rings. The summed E-state index contributed by atoms with van der Waals surface area (Å²) in [5.74, 6) is 2.42. The number of quaternary nitrogens is 1. The number of allylic oxidation sites excluding steroid dienone is 1. The zero-order chi connectivity index (χ0) is 22.6. The van der Waals surface area contributed by atoms with E-state index in [9.17, 15) is 4.79 Å². The molecule has 1 saturated carbocycles. The summed E-state index contributed by atoms with van der Waals surface area (Å²) in [7, 11) is 3.38. The first kappa shape index (κ1) is 21.8. The van der Waals surface area contributed by atoms with Gasteiger partial charge in [0.25, 0.3) is 0 Å². The van der Waals surface area contributed by atoms with E-state index in [1.54, 1.807) is 19.8 Å². The van der Waals surface area contributed by atoms with Crippen LogP contribution in [0.1, 0.15) is 63.6 Å². The molecule has 5 rings (SSSR count). The lowest BCUT2D eigenvalue weighted by Gasteiger charge is -2.46. The second kappa shape index (κ2) is 8.09. The standard InChI is InChI=1S/C27H37NO4/c1-16-7-6-9-27(3)14-25-20(12-22(16)27)21(26(29)32-25)15-28-10-8-18-11-23(30-4)24(31-5)13-19(18)17(28)2/h11-13,16-17,20-21,25H,6-10,14-15H2,1-5H3/p+1/t16-,17-,20-,21+,25-,27-/m1/s1. The van der Waals surface area contributed by atoms with Crippen molar-refractivity contribution in [2.45, 2.75) is 65.0 Å². The Morgan fingerprint density at radius 1 is 1.19 bits per heavy atom. The molecular weight excluding hydrogens is 402 g/mol. The SMILES string of the molecule is COc1cc2c(cc1OC)[C@@H](C)[NH+](C[C@@H]1C(=O)O[C@@H]3C[C@@]4(C)CCC[C@@H](C)C4=C[C@H]13)CC2. The Bertz CT molecular complexity index is 940. The third-order valence-electron chi connectivity index (χ3n) is 9.00. The Balaban J connectivity index is 1.39. The largest absolute Gasteiger partial charge is 0.493 e. The first-order valence-corrected chi connectivity index (χ1v) is 12.4. The number of ether oxygens (including phenoxy) is 3. The lowest BCUT2D eigenvalue weighted by Crippen LogP contribution is -3.13. The molecule has 1 aromatic carbocycles. The van der Waals surface area contributed by atoms with Crippen molar-refractivity contribution in [2.24, 2.45) is 23.2 Å². The average Bonchev–Trinajstić information content (AvgIpc) is 3.06. The monoisotopic (exact) mass is 440 g/mol. The van der Waals surface area contributed by atoms with Crippen molar-refractivity contribution in [3.8, 4) is 11.5 Å². The van der Waals surface area contributed by atoms with Gasteiger partial charge < -0.3 is 19.1 Å². The van der Waals surface area contributed by atoms with E-state index in [2.05, 4.69) is 39.0 Å². The molecule has 2 fully saturated rings. The van der Waals surface area contributed by atoms with E-state index >= 15 is 0 Å². The van der Waals surface area contributed by atoms with E-state index in [4.69, 9.17) is 14.2 Å². The first-order chi connectivity index (χ1) is 15.3. The van der Waals surface area contributed by atoms with Gasteiger partial charge in [0.15, 0.2) is 11.5 Å². The number of rotatable bonds is 4. The Kier molecular flexibility index (Phi) is 5.51. The van der Waals surface area contributed by atoms with E-state index in [1.165, 1.54) is 35.3 Å². The van der Waals surface area contributed by atoms with Gasteiger partial charge in [-0.3, -0.25) is 4.79 Å². The lowest BCUT2D eigenvalue weighted by atomic mass is 9.59. The summed E-state index contributed by atoms with van der Waals surface area (Å²) in [6, 6.07) is 4.56. The van der Waals surface area contributed by atoms with Crippen LogP contribution >= 0.6 is 0 Å². The molecule has 0 bridgehead atoms. The number of nitrogens with one attached hydrogen (secondary N) is 1. The van der Waals surface area contributed by atoms with E-state index in [-0.39, 0.29) is 29.3 Å². The van der Waals surface area contributed by atoms with E-state index in [0.29, 0.717) is 12.0 Å². The Morgan fingerprint density at radius 2 is 1.94 bits per heavy atom. The highest BCUT2D eigenvalue weighted by atomic mass is 16.6. The Hall–Kier alpha value is -2.01. The van der Waals surface area contributed by atoms with Crippen LogP contribution < -0.4 is 14.4 Å². The highest BCUT2D eigenvalue weighted by Gasteiger charge is 2.53. The van der Waals surface area contributed by atoms with Gasteiger partial charge in [0.05, 0.1) is 27.3 Å². The van der Waals surface area contributed by atoms with Crippen molar-refractivity contribution in [3.05, 3.63) is 34.9 Å². The molecule has 0 spiro atoms. The van der Waals surface area contributed by atoms with Gasteiger partial charge in [-0.2, -0.15) is 0 Å². The van der Waals surface area contributed by atoms with Gasteiger partial charge in [0.2, 0.25) is 0 Å². The minimum Gasteiger partial charge on any atom is -0.493 e. The highest BCUT2D eigenvalue weighted by molar-refractivity contribution is 5.76. The second-order valence-corrected chi connectivity index (χ2v) is 10.8. The number of fused-ring (bicyclic) bond motifs is 3. The van der Waals surface area contributed by atoms with Crippen LogP contribution in [0.4, 0.5) is 0 Å². The van der Waals surface area contributed by atoms with Crippen molar-refractivity contribution < 1.29 is 23.9 Å². The van der Waals surface area contributed by atoms with Crippen molar-refractivity contribution in [2.75, 3.05) is 27.3 Å². The van der Waals surface area contributed by atoms with Crippen LogP contribution in [-0.2, 0) is 16.0 Å². The molecule has 5 nitrogen and oxygen atoms in total. The van der Waals surface area contributed by atoms with E-state index < -0.39 is 0 Å². The van der Waals surface area contributed by atoms with Gasteiger partial charge in [-0.25, -0.2) is 0 Å². The minimum absolute atomic E-state index is 0.0181. The minimum atomic E-state index is -0.0367. The molecule has 174 valence electrons. The summed E-state index contributed by atoms with van der Waals surface area (Å²) in [6.45, 7) is 8.89. The Labute approximate surface area is 192 Å². The van der Waals surface area contributed by atoms with Crippen LogP contribution in [0.5, 0.6) is 11.5 Å². The molecule has 0 radical (unpaired) electrons. The summed E-state index contributed by atoms with van der Waals surface area (Å²) in [5.41, 5.74) is 4.45. The van der Waals surface area contributed by atoms with Crippen molar-refractivity contribution in [1.29, 1.82) is 0 Å². The van der Waals surface area contributed by atoms with Crippen LogP contribution in [0.25, 0.3) is 0 Å². The third kappa shape index (κ3) is 3.44. The number of methoxy groups -OCH3 is 2. The first-order valence-electron chi connectivity index (χ1n) is 12.4. The molecule has 0 amide bonds. The molecule has 1 saturated heterocycles. The molecule has 1 unspecified atom stereocenters. The molecule has 2 aliphatic heterocycles.